The van der Waals surface area contributed by atoms with Gasteiger partial charge >= 0.3 is 0 Å². The van der Waals surface area contributed by atoms with E-state index < -0.39 is 35.1 Å². The number of nitrogens with zero attached hydrogens (tertiary/aromatic N) is 1. The Labute approximate surface area is 148 Å². The normalized spacial score (nSPS) is 19.1. The molecule has 0 spiro atoms. The molecule has 134 valence electrons. The predicted molar refractivity (Wildman–Crippen MR) is 89.4 cm³/mol. The van der Waals surface area contributed by atoms with Crippen molar-refractivity contribution < 1.29 is 28.2 Å². The van der Waals surface area contributed by atoms with Crippen molar-refractivity contribution in [3.05, 3.63) is 70.8 Å². The Morgan fingerprint density at radius 3 is 2.35 bits per heavy atom. The molecule has 1 atom stereocenters. The molecule has 0 radical (unpaired) electrons. The van der Waals surface area contributed by atoms with Crippen molar-refractivity contribution in [2.24, 2.45) is 0 Å². The smallest absolute Gasteiger partial charge is 0.295 e. The molecule has 2 aromatic carbocycles. The number of likely N-dealkylation sites (tertiary alicyclic amines) is 1. The van der Waals surface area contributed by atoms with Crippen LogP contribution in [0.5, 0.6) is 5.75 Å². The van der Waals surface area contributed by atoms with E-state index in [0.29, 0.717) is 5.56 Å². The van der Waals surface area contributed by atoms with Crippen molar-refractivity contribution in [3.8, 4) is 5.75 Å². The zero-order valence-corrected chi connectivity index (χ0v) is 14.0. The van der Waals surface area contributed by atoms with Gasteiger partial charge in [-0.2, -0.15) is 0 Å². The first-order valence-corrected chi connectivity index (χ1v) is 7.69. The van der Waals surface area contributed by atoms with Gasteiger partial charge < -0.3 is 14.7 Å². The van der Waals surface area contributed by atoms with E-state index in [9.17, 15) is 23.5 Å². The summed E-state index contributed by atoms with van der Waals surface area (Å²) in [6, 6.07) is 8.02. The van der Waals surface area contributed by atoms with Crippen LogP contribution in [0.1, 0.15) is 17.2 Å². The first-order chi connectivity index (χ1) is 12.3. The number of methoxy groups -OCH3 is 1. The number of ketones is 1. The van der Waals surface area contributed by atoms with Gasteiger partial charge in [-0.3, -0.25) is 9.59 Å². The molecule has 0 aromatic heterocycles. The van der Waals surface area contributed by atoms with E-state index >= 15 is 0 Å². The molecule has 2 aromatic rings. The highest BCUT2D eigenvalue weighted by atomic mass is 19.1. The average Bonchev–Trinajstić information content (AvgIpc) is 2.86. The molecule has 1 unspecified atom stereocenters. The number of carbonyl (C=O) groups excluding carboxylic acids is 2. The van der Waals surface area contributed by atoms with Crippen molar-refractivity contribution in [2.75, 3.05) is 14.2 Å². The summed E-state index contributed by atoms with van der Waals surface area (Å²) < 4.78 is 32.0. The van der Waals surface area contributed by atoms with Crippen molar-refractivity contribution >= 4 is 17.4 Å². The van der Waals surface area contributed by atoms with Crippen LogP contribution in [0.15, 0.2) is 48.0 Å². The summed E-state index contributed by atoms with van der Waals surface area (Å²) in [4.78, 5) is 25.7. The summed E-state index contributed by atoms with van der Waals surface area (Å²) in [6.45, 7) is 0. The fourth-order valence-electron chi connectivity index (χ4n) is 2.95. The maximum absolute atomic E-state index is 14.0. The molecule has 1 amide bonds. The standard InChI is InChI=1S/C19H15F2NO4/c1-22-16(10-3-6-12(20)7-4-10)15(18(24)19(22)25)17(23)11-5-8-14(26-2)13(21)9-11/h3-9,16,23H,1-2H3/b17-15+. The Morgan fingerprint density at radius 2 is 1.77 bits per heavy atom. The zero-order chi connectivity index (χ0) is 19.0. The van der Waals surface area contributed by atoms with E-state index in [1.165, 1.54) is 50.6 Å². The second-order valence-electron chi connectivity index (χ2n) is 5.81. The number of aliphatic hydroxyl groups excluding tert-OH is 1. The Balaban J connectivity index is 2.16. The van der Waals surface area contributed by atoms with Crippen LogP contribution in [0.4, 0.5) is 8.78 Å². The third kappa shape index (κ3) is 2.81. The highest BCUT2D eigenvalue weighted by Gasteiger charge is 2.44. The summed E-state index contributed by atoms with van der Waals surface area (Å²) in [6.07, 6.45) is 0. The molecule has 1 N–H and O–H groups in total. The number of aliphatic hydroxyl groups is 1. The van der Waals surface area contributed by atoms with E-state index in [1.807, 2.05) is 0 Å². The maximum Gasteiger partial charge on any atom is 0.295 e. The molecule has 5 nitrogen and oxygen atoms in total. The molecule has 0 bridgehead atoms. The Hall–Kier alpha value is -3.22. The van der Waals surface area contributed by atoms with Crippen LogP contribution in [0.3, 0.4) is 0 Å². The van der Waals surface area contributed by atoms with E-state index in [0.717, 1.165) is 11.0 Å². The number of ether oxygens (including phenoxy) is 1. The van der Waals surface area contributed by atoms with Crippen LogP contribution in [0.25, 0.3) is 5.76 Å². The molecule has 3 rings (SSSR count). The fourth-order valence-corrected chi connectivity index (χ4v) is 2.95. The topological polar surface area (TPSA) is 66.8 Å². The number of hydrogen-bond donors (Lipinski definition) is 1. The van der Waals surface area contributed by atoms with Crippen molar-refractivity contribution in [2.45, 2.75) is 6.04 Å². The summed E-state index contributed by atoms with van der Waals surface area (Å²) in [5.41, 5.74) is 0.291. The maximum atomic E-state index is 14.0. The van der Waals surface area contributed by atoms with Crippen molar-refractivity contribution in [1.82, 2.24) is 4.90 Å². The minimum Gasteiger partial charge on any atom is -0.507 e. The number of benzene rings is 2. The van der Waals surface area contributed by atoms with Gasteiger partial charge in [0.25, 0.3) is 11.7 Å². The molecule has 26 heavy (non-hydrogen) atoms. The fraction of sp³-hybridized carbons (Fsp3) is 0.158. The van der Waals surface area contributed by atoms with Crippen molar-refractivity contribution in [3.63, 3.8) is 0 Å². The van der Waals surface area contributed by atoms with Gasteiger partial charge in [-0.15, -0.1) is 0 Å². The molecule has 1 fully saturated rings. The summed E-state index contributed by atoms with van der Waals surface area (Å²) in [7, 11) is 2.71. The second-order valence-corrected chi connectivity index (χ2v) is 5.81. The van der Waals surface area contributed by atoms with Crippen LogP contribution < -0.4 is 4.74 Å². The predicted octanol–water partition coefficient (Wildman–Crippen LogP) is 3.02. The number of rotatable bonds is 3. The van der Waals surface area contributed by atoms with Gasteiger partial charge in [-0.1, -0.05) is 12.1 Å². The van der Waals surface area contributed by atoms with Crippen LogP contribution >= 0.6 is 0 Å². The van der Waals surface area contributed by atoms with Crippen LogP contribution in [0.2, 0.25) is 0 Å². The molecule has 1 aliphatic rings. The van der Waals surface area contributed by atoms with E-state index in [-0.39, 0.29) is 16.9 Å². The third-order valence-electron chi connectivity index (χ3n) is 4.29. The highest BCUT2D eigenvalue weighted by Crippen LogP contribution is 2.38. The molecule has 7 heteroatoms. The number of likely N-dealkylation sites (N-methyl/N-ethyl adjacent to an activating group) is 1. The van der Waals surface area contributed by atoms with Gasteiger partial charge in [-0.05, 0) is 35.9 Å². The lowest BCUT2D eigenvalue weighted by atomic mass is 9.95. The molecule has 1 aliphatic heterocycles. The Kier molecular flexibility index (Phi) is 4.46. The Bertz CT molecular complexity index is 922. The first kappa shape index (κ1) is 17.6. The first-order valence-electron chi connectivity index (χ1n) is 7.69. The third-order valence-corrected chi connectivity index (χ3v) is 4.29. The van der Waals surface area contributed by atoms with Crippen LogP contribution in [-0.4, -0.2) is 35.9 Å². The number of hydrogen-bond acceptors (Lipinski definition) is 4. The molecular formula is C19H15F2NO4. The van der Waals surface area contributed by atoms with Crippen LogP contribution in [-0.2, 0) is 9.59 Å². The molecule has 1 saturated heterocycles. The van der Waals surface area contributed by atoms with Crippen molar-refractivity contribution in [1.29, 1.82) is 0 Å². The minimum atomic E-state index is -0.902. The van der Waals surface area contributed by atoms with E-state index in [2.05, 4.69) is 0 Å². The quantitative estimate of drug-likeness (QED) is 0.520. The highest BCUT2D eigenvalue weighted by molar-refractivity contribution is 6.46. The van der Waals surface area contributed by atoms with Gasteiger partial charge in [0, 0.05) is 12.6 Å². The van der Waals surface area contributed by atoms with Crippen LogP contribution in [0, 0.1) is 11.6 Å². The Morgan fingerprint density at radius 1 is 1.12 bits per heavy atom. The zero-order valence-electron chi connectivity index (χ0n) is 14.0. The number of amides is 1. The van der Waals surface area contributed by atoms with Gasteiger partial charge in [0.05, 0.1) is 18.7 Å². The molecule has 1 heterocycles. The second kappa shape index (κ2) is 6.59. The monoisotopic (exact) mass is 359 g/mol. The number of halogens is 2. The number of Topliss-reactive ketones (excluding diaryl/α,β-unsaturated/α-hetero) is 1. The van der Waals surface area contributed by atoms with Gasteiger partial charge in [0.1, 0.15) is 11.6 Å². The van der Waals surface area contributed by atoms with Gasteiger partial charge in [0.15, 0.2) is 11.6 Å². The molecular weight excluding hydrogens is 344 g/mol. The minimum absolute atomic E-state index is 0.0208. The van der Waals surface area contributed by atoms with Gasteiger partial charge in [0.2, 0.25) is 0 Å². The summed E-state index contributed by atoms with van der Waals surface area (Å²) in [5.74, 6) is -3.43. The number of carbonyl (C=O) groups is 2. The molecule has 0 saturated carbocycles. The lowest BCUT2D eigenvalue weighted by Gasteiger charge is -2.21. The van der Waals surface area contributed by atoms with Gasteiger partial charge in [-0.25, -0.2) is 8.78 Å². The lowest BCUT2D eigenvalue weighted by molar-refractivity contribution is -0.139. The van der Waals surface area contributed by atoms with E-state index in [1.54, 1.807) is 0 Å². The molecule has 0 aliphatic carbocycles. The SMILES string of the molecule is COc1ccc(/C(O)=C2\C(=O)C(=O)N(C)C2c2ccc(F)cc2)cc1F. The summed E-state index contributed by atoms with van der Waals surface area (Å²) in [5, 5.41) is 10.6. The lowest BCUT2D eigenvalue weighted by Crippen LogP contribution is -2.24. The van der Waals surface area contributed by atoms with E-state index in [4.69, 9.17) is 4.74 Å². The largest absolute Gasteiger partial charge is 0.507 e. The average molecular weight is 359 g/mol. The summed E-state index contributed by atoms with van der Waals surface area (Å²) >= 11 is 0.